The Balaban J connectivity index is 1.87. The fourth-order valence-electron chi connectivity index (χ4n) is 3.41. The van der Waals surface area contributed by atoms with Gasteiger partial charge in [0.2, 0.25) is 0 Å². The van der Waals surface area contributed by atoms with Gasteiger partial charge in [0.25, 0.3) is 5.91 Å². The summed E-state index contributed by atoms with van der Waals surface area (Å²) in [6, 6.07) is 13.8. The van der Waals surface area contributed by atoms with Crippen molar-refractivity contribution in [2.75, 3.05) is 20.2 Å². The summed E-state index contributed by atoms with van der Waals surface area (Å²) in [5, 5.41) is 0.794. The maximum absolute atomic E-state index is 14.5. The number of hydrogen-bond acceptors (Lipinski definition) is 3. The van der Waals surface area contributed by atoms with Crippen molar-refractivity contribution >= 4 is 16.8 Å². The molecule has 5 heteroatoms. The van der Waals surface area contributed by atoms with E-state index in [2.05, 4.69) is 4.98 Å². The Morgan fingerprint density at radius 1 is 1.12 bits per heavy atom. The van der Waals surface area contributed by atoms with Gasteiger partial charge in [-0.05, 0) is 37.1 Å². The first-order valence-electron chi connectivity index (χ1n) is 8.70. The van der Waals surface area contributed by atoms with Crippen LogP contribution in [-0.4, -0.2) is 36.0 Å². The van der Waals surface area contributed by atoms with E-state index in [9.17, 15) is 9.18 Å². The molecule has 1 saturated heterocycles. The predicted octanol–water partition coefficient (Wildman–Crippen LogP) is 4.29. The summed E-state index contributed by atoms with van der Waals surface area (Å²) >= 11 is 0. The van der Waals surface area contributed by atoms with Crippen molar-refractivity contribution in [3.63, 3.8) is 0 Å². The Bertz CT molecular complexity index is 981. The molecule has 2 aromatic carbocycles. The highest BCUT2D eigenvalue weighted by atomic mass is 19.1. The maximum atomic E-state index is 14.5. The van der Waals surface area contributed by atoms with Crippen molar-refractivity contribution in [3.05, 3.63) is 59.9 Å². The average molecular weight is 350 g/mol. The van der Waals surface area contributed by atoms with E-state index in [1.54, 1.807) is 18.2 Å². The number of amides is 1. The number of nitrogens with zero attached hydrogens (tertiary/aromatic N) is 2. The molecule has 0 aliphatic carbocycles. The molecule has 2 heterocycles. The number of methoxy groups -OCH3 is 1. The Labute approximate surface area is 151 Å². The second kappa shape index (κ2) is 6.75. The van der Waals surface area contributed by atoms with Crippen LogP contribution in [0.2, 0.25) is 0 Å². The second-order valence-corrected chi connectivity index (χ2v) is 6.42. The van der Waals surface area contributed by atoms with E-state index in [0.717, 1.165) is 31.3 Å². The number of ether oxygens (including phenoxy) is 1. The van der Waals surface area contributed by atoms with Gasteiger partial charge in [0.05, 0.1) is 23.9 Å². The minimum atomic E-state index is -0.424. The lowest BCUT2D eigenvalue weighted by molar-refractivity contribution is 0.0794. The van der Waals surface area contributed by atoms with Crippen molar-refractivity contribution in [2.24, 2.45) is 0 Å². The fraction of sp³-hybridized carbons (Fsp3) is 0.238. The number of aromatic nitrogens is 1. The molecule has 1 amide bonds. The topological polar surface area (TPSA) is 42.4 Å². The smallest absolute Gasteiger partial charge is 0.254 e. The van der Waals surface area contributed by atoms with E-state index in [1.165, 1.54) is 13.2 Å². The van der Waals surface area contributed by atoms with E-state index in [4.69, 9.17) is 4.74 Å². The highest BCUT2D eigenvalue weighted by Gasteiger charge is 2.23. The third kappa shape index (κ3) is 2.90. The molecule has 3 aromatic rings. The van der Waals surface area contributed by atoms with Crippen LogP contribution >= 0.6 is 0 Å². The van der Waals surface area contributed by atoms with E-state index >= 15 is 0 Å². The van der Waals surface area contributed by atoms with E-state index in [-0.39, 0.29) is 5.91 Å². The average Bonchev–Trinajstić information content (AvgIpc) is 3.21. The number of pyridine rings is 1. The molecule has 132 valence electrons. The summed E-state index contributed by atoms with van der Waals surface area (Å²) < 4.78 is 19.6. The minimum Gasteiger partial charge on any atom is -0.497 e. The van der Waals surface area contributed by atoms with Gasteiger partial charge >= 0.3 is 0 Å². The fourth-order valence-corrected chi connectivity index (χ4v) is 3.41. The van der Waals surface area contributed by atoms with Crippen LogP contribution in [0.25, 0.3) is 22.2 Å². The first-order valence-corrected chi connectivity index (χ1v) is 8.70. The molecule has 26 heavy (non-hydrogen) atoms. The molecule has 1 aromatic heterocycles. The molecule has 0 radical (unpaired) electrons. The monoisotopic (exact) mass is 350 g/mol. The summed E-state index contributed by atoms with van der Waals surface area (Å²) in [7, 11) is 1.50. The molecule has 0 atom stereocenters. The molecule has 0 unspecified atom stereocenters. The molecule has 0 bridgehead atoms. The summed E-state index contributed by atoms with van der Waals surface area (Å²) in [6.07, 6.45) is 2.05. The van der Waals surface area contributed by atoms with Crippen molar-refractivity contribution in [3.8, 4) is 17.0 Å². The van der Waals surface area contributed by atoms with Gasteiger partial charge in [0, 0.05) is 30.1 Å². The Kier molecular flexibility index (Phi) is 4.29. The quantitative estimate of drug-likeness (QED) is 0.708. The zero-order valence-electron chi connectivity index (χ0n) is 14.5. The molecular weight excluding hydrogens is 331 g/mol. The van der Waals surface area contributed by atoms with Gasteiger partial charge in [0.1, 0.15) is 11.6 Å². The summed E-state index contributed by atoms with van der Waals surface area (Å²) in [4.78, 5) is 19.5. The number of carbonyl (C=O) groups is 1. The third-order valence-corrected chi connectivity index (χ3v) is 4.79. The molecular formula is C21H19FN2O2. The summed E-state index contributed by atoms with van der Waals surface area (Å²) in [5.74, 6) is 0.00313. The third-order valence-electron chi connectivity index (χ3n) is 4.79. The number of rotatable bonds is 3. The standard InChI is InChI=1S/C21H19FN2O2/c1-26-14-8-9-16(18(22)12-14)20-13-17(21(25)24-10-4-5-11-24)15-6-2-3-7-19(15)23-20/h2-3,6-9,12-13H,4-5,10-11H2,1H3. The van der Waals surface area contributed by atoms with Gasteiger partial charge in [-0.3, -0.25) is 4.79 Å². The minimum absolute atomic E-state index is 0.0173. The van der Waals surface area contributed by atoms with Crippen molar-refractivity contribution in [1.29, 1.82) is 0 Å². The number of benzene rings is 2. The number of halogens is 1. The zero-order valence-corrected chi connectivity index (χ0v) is 14.5. The Morgan fingerprint density at radius 2 is 1.88 bits per heavy atom. The van der Waals surface area contributed by atoms with Crippen LogP contribution in [0.15, 0.2) is 48.5 Å². The van der Waals surface area contributed by atoms with Gasteiger partial charge in [0.15, 0.2) is 0 Å². The number of fused-ring (bicyclic) bond motifs is 1. The van der Waals surface area contributed by atoms with E-state index in [1.807, 2.05) is 29.2 Å². The normalized spacial score (nSPS) is 14.0. The number of hydrogen-bond donors (Lipinski definition) is 0. The van der Waals surface area contributed by atoms with Crippen LogP contribution in [0.4, 0.5) is 4.39 Å². The molecule has 1 aliphatic rings. The van der Waals surface area contributed by atoms with Crippen molar-refractivity contribution in [1.82, 2.24) is 9.88 Å². The van der Waals surface area contributed by atoms with Gasteiger partial charge in [-0.1, -0.05) is 18.2 Å². The van der Waals surface area contributed by atoms with Crippen LogP contribution in [-0.2, 0) is 0 Å². The van der Waals surface area contributed by atoms with Gasteiger partial charge in [-0.2, -0.15) is 0 Å². The number of carbonyl (C=O) groups excluding carboxylic acids is 1. The number of likely N-dealkylation sites (tertiary alicyclic amines) is 1. The second-order valence-electron chi connectivity index (χ2n) is 6.42. The van der Waals surface area contributed by atoms with Gasteiger partial charge in [-0.15, -0.1) is 0 Å². The molecule has 4 rings (SSSR count). The van der Waals surface area contributed by atoms with Crippen LogP contribution < -0.4 is 4.74 Å². The van der Waals surface area contributed by atoms with Crippen molar-refractivity contribution in [2.45, 2.75) is 12.8 Å². The largest absolute Gasteiger partial charge is 0.497 e. The first-order chi connectivity index (χ1) is 12.7. The molecule has 0 spiro atoms. The number of para-hydroxylation sites is 1. The first kappa shape index (κ1) is 16.5. The lowest BCUT2D eigenvalue weighted by Crippen LogP contribution is -2.27. The van der Waals surface area contributed by atoms with E-state index in [0.29, 0.717) is 28.1 Å². The maximum Gasteiger partial charge on any atom is 0.254 e. The lowest BCUT2D eigenvalue weighted by Gasteiger charge is -2.17. The molecule has 1 aliphatic heterocycles. The highest BCUT2D eigenvalue weighted by molar-refractivity contribution is 6.07. The van der Waals surface area contributed by atoms with Crippen LogP contribution in [0.1, 0.15) is 23.2 Å². The van der Waals surface area contributed by atoms with Crippen LogP contribution in [0.3, 0.4) is 0 Å². The Hall–Kier alpha value is -2.95. The Morgan fingerprint density at radius 3 is 2.62 bits per heavy atom. The van der Waals surface area contributed by atoms with Gasteiger partial charge < -0.3 is 9.64 Å². The zero-order chi connectivity index (χ0) is 18.1. The highest BCUT2D eigenvalue weighted by Crippen LogP contribution is 2.29. The van der Waals surface area contributed by atoms with Crippen molar-refractivity contribution < 1.29 is 13.9 Å². The molecule has 0 saturated carbocycles. The van der Waals surface area contributed by atoms with Crippen LogP contribution in [0, 0.1) is 5.82 Å². The van der Waals surface area contributed by atoms with E-state index < -0.39 is 5.82 Å². The SMILES string of the molecule is COc1ccc(-c2cc(C(=O)N3CCCC3)c3ccccc3n2)c(F)c1. The lowest BCUT2D eigenvalue weighted by atomic mass is 10.0. The molecule has 0 N–H and O–H groups in total. The summed E-state index contributed by atoms with van der Waals surface area (Å²) in [6.45, 7) is 1.53. The van der Waals surface area contributed by atoms with Gasteiger partial charge in [-0.25, -0.2) is 9.37 Å². The van der Waals surface area contributed by atoms with Crippen LogP contribution in [0.5, 0.6) is 5.75 Å². The summed E-state index contributed by atoms with van der Waals surface area (Å²) in [5.41, 5.74) is 2.06. The molecule has 1 fully saturated rings. The predicted molar refractivity (Wildman–Crippen MR) is 98.8 cm³/mol. The molecule has 4 nitrogen and oxygen atoms in total.